The number of hydrogen-bond donors (Lipinski definition) is 0. The third-order valence-corrected chi connectivity index (χ3v) is 3.59. The second-order valence-electron chi connectivity index (χ2n) is 5.01. The van der Waals surface area contributed by atoms with Gasteiger partial charge in [-0.3, -0.25) is 14.7 Å². The van der Waals surface area contributed by atoms with Gasteiger partial charge < -0.3 is 0 Å². The fourth-order valence-corrected chi connectivity index (χ4v) is 1.93. The second kappa shape index (κ2) is 3.99. The minimum absolute atomic E-state index is 0.0572. The first-order valence-electron chi connectivity index (χ1n) is 5.91. The van der Waals surface area contributed by atoms with Crippen molar-refractivity contribution >= 4 is 17.9 Å². The van der Waals surface area contributed by atoms with E-state index in [0.717, 1.165) is 11.3 Å². The number of para-hydroxylation sites is 1. The van der Waals surface area contributed by atoms with Crippen LogP contribution >= 0.6 is 0 Å². The Kier molecular flexibility index (Phi) is 2.77. The molecule has 1 aromatic carbocycles. The van der Waals surface area contributed by atoms with Gasteiger partial charge in [-0.25, -0.2) is 0 Å². The Hall–Kier alpha value is -1.64. The van der Waals surface area contributed by atoms with Gasteiger partial charge >= 0.3 is 0 Å². The fraction of sp³-hybridized carbons (Fsp3) is 0.429. The van der Waals surface area contributed by atoms with E-state index < -0.39 is 5.54 Å². The molecule has 0 spiro atoms. The summed E-state index contributed by atoms with van der Waals surface area (Å²) < 4.78 is 0. The van der Waals surface area contributed by atoms with Crippen molar-refractivity contribution in [3.8, 4) is 0 Å². The number of aliphatic imine (C=N–C) groups is 1. The molecule has 17 heavy (non-hydrogen) atoms. The molecule has 1 amide bonds. The molecule has 3 heteroatoms. The molecule has 1 unspecified atom stereocenters. The second-order valence-corrected chi connectivity index (χ2v) is 5.01. The Morgan fingerprint density at radius 1 is 1.29 bits per heavy atom. The fourth-order valence-electron chi connectivity index (χ4n) is 1.93. The topological polar surface area (TPSA) is 32.7 Å². The number of anilines is 1. The lowest BCUT2D eigenvalue weighted by molar-refractivity contribution is -0.122. The minimum atomic E-state index is -0.623. The molecule has 1 atom stereocenters. The van der Waals surface area contributed by atoms with E-state index in [9.17, 15) is 4.79 Å². The number of carbonyl (C=O) groups is 1. The van der Waals surface area contributed by atoms with E-state index in [1.165, 1.54) is 0 Å². The van der Waals surface area contributed by atoms with E-state index in [1.54, 1.807) is 11.2 Å². The molecular formula is C14H18N2O. The Bertz CT molecular complexity index is 479. The summed E-state index contributed by atoms with van der Waals surface area (Å²) in [4.78, 5) is 18.5. The number of aryl methyl sites for hydroxylation is 1. The van der Waals surface area contributed by atoms with Crippen LogP contribution in [0.4, 0.5) is 5.69 Å². The summed E-state index contributed by atoms with van der Waals surface area (Å²) in [6, 6.07) is 7.86. The maximum Gasteiger partial charge on any atom is 0.260 e. The third kappa shape index (κ3) is 1.75. The van der Waals surface area contributed by atoms with E-state index >= 15 is 0 Å². The first kappa shape index (κ1) is 11.8. The van der Waals surface area contributed by atoms with Crippen LogP contribution in [0.5, 0.6) is 0 Å². The highest BCUT2D eigenvalue weighted by Crippen LogP contribution is 2.31. The van der Waals surface area contributed by atoms with Crippen LogP contribution in [0.1, 0.15) is 26.3 Å². The highest BCUT2D eigenvalue weighted by Gasteiger charge is 2.43. The Labute approximate surface area is 102 Å². The quantitative estimate of drug-likeness (QED) is 0.769. The van der Waals surface area contributed by atoms with Crippen LogP contribution in [0, 0.1) is 12.8 Å². The predicted octanol–water partition coefficient (Wildman–Crippen LogP) is 2.78. The molecule has 1 aliphatic heterocycles. The van der Waals surface area contributed by atoms with Gasteiger partial charge in [-0.1, -0.05) is 32.0 Å². The Balaban J connectivity index is 2.38. The molecule has 0 aliphatic carbocycles. The summed E-state index contributed by atoms with van der Waals surface area (Å²) in [6.07, 6.45) is 1.66. The molecule has 0 aromatic heterocycles. The summed E-state index contributed by atoms with van der Waals surface area (Å²) >= 11 is 0. The molecule has 0 saturated carbocycles. The summed E-state index contributed by atoms with van der Waals surface area (Å²) in [5, 5.41) is 0. The van der Waals surface area contributed by atoms with Gasteiger partial charge in [0.25, 0.3) is 5.91 Å². The van der Waals surface area contributed by atoms with Crippen molar-refractivity contribution in [1.29, 1.82) is 0 Å². The van der Waals surface area contributed by atoms with E-state index in [2.05, 4.69) is 4.99 Å². The number of rotatable bonds is 2. The standard InChI is InChI=1S/C14H18N2O/c1-10(2)14(4)13(17)16(9-15-14)12-8-6-5-7-11(12)3/h5-10H,1-4H3. The largest absolute Gasteiger partial charge is 0.271 e. The van der Waals surface area contributed by atoms with Gasteiger partial charge in [-0.2, -0.15) is 0 Å². The molecule has 0 saturated heterocycles. The van der Waals surface area contributed by atoms with Crippen molar-refractivity contribution < 1.29 is 4.79 Å². The maximum atomic E-state index is 12.4. The summed E-state index contributed by atoms with van der Waals surface area (Å²) in [7, 11) is 0. The van der Waals surface area contributed by atoms with Crippen LogP contribution in [0.15, 0.2) is 29.3 Å². The van der Waals surface area contributed by atoms with Crippen LogP contribution in [0.3, 0.4) is 0 Å². The maximum absolute atomic E-state index is 12.4. The Morgan fingerprint density at radius 2 is 1.94 bits per heavy atom. The zero-order chi connectivity index (χ0) is 12.6. The SMILES string of the molecule is Cc1ccccc1N1C=NC(C)(C(C)C)C1=O. The monoisotopic (exact) mass is 230 g/mol. The molecular weight excluding hydrogens is 212 g/mol. The van der Waals surface area contributed by atoms with Gasteiger partial charge in [-0.15, -0.1) is 0 Å². The molecule has 90 valence electrons. The molecule has 2 rings (SSSR count). The Morgan fingerprint density at radius 3 is 2.47 bits per heavy atom. The number of benzene rings is 1. The zero-order valence-electron chi connectivity index (χ0n) is 10.8. The smallest absolute Gasteiger partial charge is 0.260 e. The molecule has 1 heterocycles. The number of hydrogen-bond acceptors (Lipinski definition) is 2. The summed E-state index contributed by atoms with van der Waals surface area (Å²) in [6.45, 7) is 7.95. The van der Waals surface area contributed by atoms with Crippen molar-refractivity contribution in [3.63, 3.8) is 0 Å². The first-order valence-corrected chi connectivity index (χ1v) is 5.91. The van der Waals surface area contributed by atoms with Crippen molar-refractivity contribution in [2.24, 2.45) is 10.9 Å². The van der Waals surface area contributed by atoms with E-state index in [4.69, 9.17) is 0 Å². The van der Waals surface area contributed by atoms with Crippen molar-refractivity contribution in [2.75, 3.05) is 4.90 Å². The average molecular weight is 230 g/mol. The van der Waals surface area contributed by atoms with Gasteiger partial charge in [-0.05, 0) is 31.4 Å². The molecule has 0 N–H and O–H groups in total. The minimum Gasteiger partial charge on any atom is -0.271 e. The summed E-state index contributed by atoms with van der Waals surface area (Å²) in [5.41, 5.74) is 1.38. The predicted molar refractivity (Wildman–Crippen MR) is 70.4 cm³/mol. The molecule has 3 nitrogen and oxygen atoms in total. The van der Waals surface area contributed by atoms with Crippen LogP contribution in [-0.4, -0.2) is 17.8 Å². The van der Waals surface area contributed by atoms with E-state index in [-0.39, 0.29) is 11.8 Å². The van der Waals surface area contributed by atoms with Gasteiger partial charge in [0.2, 0.25) is 0 Å². The van der Waals surface area contributed by atoms with Crippen LogP contribution in [0.25, 0.3) is 0 Å². The molecule has 0 bridgehead atoms. The van der Waals surface area contributed by atoms with Gasteiger partial charge in [0.05, 0.1) is 12.0 Å². The van der Waals surface area contributed by atoms with Crippen molar-refractivity contribution in [3.05, 3.63) is 29.8 Å². The average Bonchev–Trinajstić information content (AvgIpc) is 2.59. The van der Waals surface area contributed by atoms with E-state index in [1.807, 2.05) is 52.0 Å². The van der Waals surface area contributed by atoms with Crippen molar-refractivity contribution in [2.45, 2.75) is 33.2 Å². The highest BCUT2D eigenvalue weighted by atomic mass is 16.2. The number of carbonyl (C=O) groups excluding carboxylic acids is 1. The highest BCUT2D eigenvalue weighted by molar-refractivity contribution is 6.17. The lowest BCUT2D eigenvalue weighted by Gasteiger charge is -2.26. The first-order chi connectivity index (χ1) is 7.97. The van der Waals surface area contributed by atoms with Gasteiger partial charge in [0.1, 0.15) is 5.54 Å². The third-order valence-electron chi connectivity index (χ3n) is 3.59. The normalized spacial score (nSPS) is 23.8. The molecule has 1 aromatic rings. The molecule has 0 fully saturated rings. The number of nitrogens with zero attached hydrogens (tertiary/aromatic N) is 2. The lowest BCUT2D eigenvalue weighted by Crippen LogP contribution is -2.43. The van der Waals surface area contributed by atoms with Crippen LogP contribution < -0.4 is 4.90 Å². The lowest BCUT2D eigenvalue weighted by atomic mass is 9.88. The van der Waals surface area contributed by atoms with Crippen LogP contribution in [0.2, 0.25) is 0 Å². The summed E-state index contributed by atoms with van der Waals surface area (Å²) in [5.74, 6) is 0.252. The zero-order valence-corrected chi connectivity index (χ0v) is 10.8. The molecule has 1 aliphatic rings. The van der Waals surface area contributed by atoms with Crippen molar-refractivity contribution in [1.82, 2.24) is 0 Å². The van der Waals surface area contributed by atoms with E-state index in [0.29, 0.717) is 0 Å². The van der Waals surface area contributed by atoms with Gasteiger partial charge in [0.15, 0.2) is 0 Å². The van der Waals surface area contributed by atoms with Gasteiger partial charge in [0, 0.05) is 0 Å². The number of amides is 1. The molecule has 0 radical (unpaired) electrons. The van der Waals surface area contributed by atoms with Crippen LogP contribution in [-0.2, 0) is 4.79 Å².